The van der Waals surface area contributed by atoms with Gasteiger partial charge in [0.2, 0.25) is 0 Å². The highest BCUT2D eigenvalue weighted by molar-refractivity contribution is 7.98. The van der Waals surface area contributed by atoms with Crippen LogP contribution in [0.3, 0.4) is 0 Å². The summed E-state index contributed by atoms with van der Waals surface area (Å²) in [6.07, 6.45) is 3.57. The lowest BCUT2D eigenvalue weighted by atomic mass is 10.2. The van der Waals surface area contributed by atoms with Crippen LogP contribution in [0.5, 0.6) is 5.75 Å². The Hall–Kier alpha value is -1.75. The van der Waals surface area contributed by atoms with Gasteiger partial charge in [-0.3, -0.25) is 0 Å². The smallest absolute Gasteiger partial charge is 0.130 e. The number of nitrogens with one attached hydrogen (secondary N) is 1. The molecule has 0 aliphatic rings. The van der Waals surface area contributed by atoms with Gasteiger partial charge < -0.3 is 10.1 Å². The number of anilines is 1. The van der Waals surface area contributed by atoms with Gasteiger partial charge in [0.25, 0.3) is 0 Å². The van der Waals surface area contributed by atoms with Crippen LogP contribution in [-0.4, -0.2) is 23.3 Å². The van der Waals surface area contributed by atoms with Gasteiger partial charge in [-0.2, -0.15) is 0 Å². The van der Waals surface area contributed by atoms with E-state index in [-0.39, 0.29) is 0 Å². The number of nitrogens with zero attached hydrogens (tertiary/aromatic N) is 2. The molecule has 5 heteroatoms. The normalized spacial score (nSPS) is 10.1. The Balaban J connectivity index is 1.97. The van der Waals surface area contributed by atoms with E-state index in [1.54, 1.807) is 25.2 Å². The first-order valence-corrected chi connectivity index (χ1v) is 6.77. The maximum atomic E-state index is 5.12. The maximum absolute atomic E-state index is 5.12. The van der Waals surface area contributed by atoms with Crippen molar-refractivity contribution in [3.63, 3.8) is 0 Å². The molecule has 0 atom stereocenters. The summed E-state index contributed by atoms with van der Waals surface area (Å²) in [7, 11) is 1.66. The number of thioether (sulfide) groups is 1. The van der Waals surface area contributed by atoms with Crippen LogP contribution in [0.1, 0.15) is 5.56 Å². The topological polar surface area (TPSA) is 47.0 Å². The van der Waals surface area contributed by atoms with E-state index in [2.05, 4.69) is 15.3 Å². The summed E-state index contributed by atoms with van der Waals surface area (Å²) in [6, 6.07) is 9.90. The van der Waals surface area contributed by atoms with Crippen LogP contribution in [0.4, 0.5) is 5.82 Å². The highest BCUT2D eigenvalue weighted by atomic mass is 32.2. The van der Waals surface area contributed by atoms with E-state index in [1.807, 2.05) is 36.6 Å². The van der Waals surface area contributed by atoms with Crippen molar-refractivity contribution in [2.24, 2.45) is 0 Å². The fraction of sp³-hybridized carbons (Fsp3) is 0.231. The van der Waals surface area contributed by atoms with E-state index in [0.29, 0.717) is 0 Å². The Bertz CT molecular complexity index is 502. The average molecular weight is 261 g/mol. The molecule has 1 heterocycles. The molecule has 0 saturated heterocycles. The molecule has 0 unspecified atom stereocenters. The standard InChI is InChI=1S/C13H15N3OS/c1-17-11-5-3-10(4-6-11)8-14-12-7-13(18-2)16-9-15-12/h3-7,9H,8H2,1-2H3,(H,14,15,16). The number of hydrogen-bond donors (Lipinski definition) is 1. The van der Waals surface area contributed by atoms with Gasteiger partial charge in [0, 0.05) is 12.6 Å². The summed E-state index contributed by atoms with van der Waals surface area (Å²) in [5.41, 5.74) is 1.18. The molecule has 94 valence electrons. The van der Waals surface area contributed by atoms with Gasteiger partial charge in [-0.1, -0.05) is 12.1 Å². The monoisotopic (exact) mass is 261 g/mol. The Morgan fingerprint density at radius 1 is 1.22 bits per heavy atom. The highest BCUT2D eigenvalue weighted by Crippen LogP contribution is 2.15. The molecule has 1 aromatic carbocycles. The first-order valence-electron chi connectivity index (χ1n) is 5.54. The van der Waals surface area contributed by atoms with Crippen LogP contribution in [-0.2, 0) is 6.54 Å². The van der Waals surface area contributed by atoms with Crippen LogP contribution in [0.15, 0.2) is 41.7 Å². The summed E-state index contributed by atoms with van der Waals surface area (Å²) in [4.78, 5) is 8.31. The second-order valence-corrected chi connectivity index (χ2v) is 4.47. The third kappa shape index (κ3) is 3.37. The van der Waals surface area contributed by atoms with E-state index < -0.39 is 0 Å². The van der Waals surface area contributed by atoms with Crippen molar-refractivity contribution in [1.82, 2.24) is 9.97 Å². The van der Waals surface area contributed by atoms with Crippen LogP contribution in [0, 0.1) is 0 Å². The molecular weight excluding hydrogens is 246 g/mol. The lowest BCUT2D eigenvalue weighted by Gasteiger charge is -2.07. The first kappa shape index (κ1) is 12.7. The Morgan fingerprint density at radius 3 is 2.67 bits per heavy atom. The molecule has 4 nitrogen and oxygen atoms in total. The number of ether oxygens (including phenoxy) is 1. The minimum absolute atomic E-state index is 0.731. The zero-order valence-corrected chi connectivity index (χ0v) is 11.2. The van der Waals surface area contributed by atoms with E-state index >= 15 is 0 Å². The quantitative estimate of drug-likeness (QED) is 0.662. The van der Waals surface area contributed by atoms with Gasteiger partial charge in [0.15, 0.2) is 0 Å². The Morgan fingerprint density at radius 2 is 2.00 bits per heavy atom. The minimum atomic E-state index is 0.731. The molecule has 0 spiro atoms. The number of methoxy groups -OCH3 is 1. The molecule has 1 aromatic heterocycles. The third-order valence-electron chi connectivity index (χ3n) is 2.48. The van der Waals surface area contributed by atoms with E-state index in [1.165, 1.54) is 5.56 Å². The van der Waals surface area contributed by atoms with Crippen LogP contribution in [0.2, 0.25) is 0 Å². The van der Waals surface area contributed by atoms with Gasteiger partial charge in [0.05, 0.1) is 7.11 Å². The summed E-state index contributed by atoms with van der Waals surface area (Å²) in [6.45, 7) is 0.731. The zero-order valence-electron chi connectivity index (χ0n) is 10.4. The van der Waals surface area contributed by atoms with Crippen LogP contribution < -0.4 is 10.1 Å². The van der Waals surface area contributed by atoms with E-state index in [0.717, 1.165) is 23.1 Å². The van der Waals surface area contributed by atoms with Gasteiger partial charge in [-0.25, -0.2) is 9.97 Å². The molecule has 0 amide bonds. The van der Waals surface area contributed by atoms with Crippen LogP contribution in [0.25, 0.3) is 0 Å². The molecule has 0 bridgehead atoms. The van der Waals surface area contributed by atoms with Crippen molar-refractivity contribution in [1.29, 1.82) is 0 Å². The summed E-state index contributed by atoms with van der Waals surface area (Å²) < 4.78 is 5.12. The minimum Gasteiger partial charge on any atom is -0.497 e. The fourth-order valence-electron chi connectivity index (χ4n) is 1.48. The van der Waals surface area contributed by atoms with Crippen molar-refractivity contribution in [3.05, 3.63) is 42.2 Å². The lowest BCUT2D eigenvalue weighted by molar-refractivity contribution is 0.414. The second-order valence-electron chi connectivity index (χ2n) is 3.65. The molecule has 0 aliphatic heterocycles. The van der Waals surface area contributed by atoms with Crippen molar-refractivity contribution in [3.8, 4) is 5.75 Å². The highest BCUT2D eigenvalue weighted by Gasteiger charge is 1.98. The van der Waals surface area contributed by atoms with Crippen molar-refractivity contribution >= 4 is 17.6 Å². The van der Waals surface area contributed by atoms with Gasteiger partial charge in [-0.15, -0.1) is 11.8 Å². The SMILES string of the molecule is COc1ccc(CNc2cc(SC)ncn2)cc1. The summed E-state index contributed by atoms with van der Waals surface area (Å²) in [5.74, 6) is 1.70. The Kier molecular flexibility index (Phi) is 4.41. The number of benzene rings is 1. The van der Waals surface area contributed by atoms with Crippen molar-refractivity contribution in [2.75, 3.05) is 18.7 Å². The Labute approximate surface area is 111 Å². The van der Waals surface area contributed by atoms with Crippen molar-refractivity contribution < 1.29 is 4.74 Å². The molecule has 0 aliphatic carbocycles. The molecule has 0 fully saturated rings. The fourth-order valence-corrected chi connectivity index (χ4v) is 1.87. The average Bonchev–Trinajstić information content (AvgIpc) is 2.46. The lowest BCUT2D eigenvalue weighted by Crippen LogP contribution is -2.01. The molecule has 18 heavy (non-hydrogen) atoms. The van der Waals surface area contributed by atoms with Gasteiger partial charge in [-0.05, 0) is 24.0 Å². The predicted octanol–water partition coefficient (Wildman–Crippen LogP) is 2.82. The largest absolute Gasteiger partial charge is 0.497 e. The first-order chi connectivity index (χ1) is 8.81. The zero-order chi connectivity index (χ0) is 12.8. The van der Waals surface area contributed by atoms with E-state index in [4.69, 9.17) is 4.74 Å². The number of rotatable bonds is 5. The second kappa shape index (κ2) is 6.26. The van der Waals surface area contributed by atoms with Crippen molar-refractivity contribution in [2.45, 2.75) is 11.6 Å². The predicted molar refractivity (Wildman–Crippen MR) is 74.1 cm³/mol. The molecular formula is C13H15N3OS. The molecule has 2 rings (SSSR count). The number of hydrogen-bond acceptors (Lipinski definition) is 5. The van der Waals surface area contributed by atoms with Gasteiger partial charge in [0.1, 0.15) is 22.9 Å². The van der Waals surface area contributed by atoms with Crippen LogP contribution >= 0.6 is 11.8 Å². The molecule has 0 saturated carbocycles. The van der Waals surface area contributed by atoms with Gasteiger partial charge >= 0.3 is 0 Å². The van der Waals surface area contributed by atoms with E-state index in [9.17, 15) is 0 Å². The number of aromatic nitrogens is 2. The molecule has 2 aromatic rings. The summed E-state index contributed by atoms with van der Waals surface area (Å²) in [5, 5.41) is 4.23. The summed E-state index contributed by atoms with van der Waals surface area (Å²) >= 11 is 1.60. The third-order valence-corrected chi connectivity index (χ3v) is 3.13. The molecule has 1 N–H and O–H groups in total. The maximum Gasteiger partial charge on any atom is 0.130 e. The molecule has 0 radical (unpaired) electrons.